The number of methoxy groups -OCH3 is 1. The molecule has 0 aliphatic carbocycles. The monoisotopic (exact) mass is 216 g/mol. The van der Waals surface area contributed by atoms with Gasteiger partial charge in [0.2, 0.25) is 5.91 Å². The van der Waals surface area contributed by atoms with E-state index in [-0.39, 0.29) is 12.0 Å². The van der Waals surface area contributed by atoms with Gasteiger partial charge in [0.05, 0.1) is 12.1 Å². The van der Waals surface area contributed by atoms with Crippen LogP contribution in [0.15, 0.2) is 0 Å². The fraction of sp³-hybridized carbons (Fsp3) is 0.778. The molecular weight excluding hydrogens is 200 g/mol. The summed E-state index contributed by atoms with van der Waals surface area (Å²) in [7, 11) is 1.50. The number of carboxylic acid groups (broad SMARTS) is 1. The number of amides is 1. The summed E-state index contributed by atoms with van der Waals surface area (Å²) in [6, 6.07) is -1.49. The van der Waals surface area contributed by atoms with Crippen molar-refractivity contribution >= 4 is 11.9 Å². The Morgan fingerprint density at radius 1 is 1.60 bits per heavy atom. The Balaban J connectivity index is 2.77. The maximum atomic E-state index is 11.6. The predicted molar refractivity (Wildman–Crippen MR) is 52.2 cm³/mol. The second-order valence-electron chi connectivity index (χ2n) is 3.73. The summed E-state index contributed by atoms with van der Waals surface area (Å²) in [4.78, 5) is 23.8. The molecule has 0 saturated carbocycles. The smallest absolute Gasteiger partial charge is 0.326 e. The Labute approximate surface area is 88.0 Å². The van der Waals surface area contributed by atoms with Gasteiger partial charge in [0, 0.05) is 20.1 Å². The second kappa shape index (κ2) is 4.59. The second-order valence-corrected chi connectivity index (χ2v) is 3.73. The molecule has 1 heterocycles. The van der Waals surface area contributed by atoms with E-state index in [0.717, 1.165) is 0 Å². The summed E-state index contributed by atoms with van der Waals surface area (Å²) in [6.45, 7) is 1.84. The van der Waals surface area contributed by atoms with Crippen molar-refractivity contribution in [1.82, 2.24) is 4.90 Å². The summed E-state index contributed by atoms with van der Waals surface area (Å²) < 4.78 is 5.05. The molecule has 0 radical (unpaired) electrons. The molecule has 1 rings (SSSR count). The summed E-state index contributed by atoms with van der Waals surface area (Å²) in [5.74, 6) is -1.36. The van der Waals surface area contributed by atoms with E-state index in [0.29, 0.717) is 13.0 Å². The molecule has 3 atom stereocenters. The van der Waals surface area contributed by atoms with Gasteiger partial charge in [-0.05, 0) is 6.92 Å². The first-order valence-electron chi connectivity index (χ1n) is 4.79. The van der Waals surface area contributed by atoms with E-state index in [4.69, 9.17) is 15.6 Å². The number of carbonyl (C=O) groups is 2. The van der Waals surface area contributed by atoms with Crippen LogP contribution in [0.1, 0.15) is 13.3 Å². The zero-order chi connectivity index (χ0) is 11.6. The van der Waals surface area contributed by atoms with Gasteiger partial charge in [-0.1, -0.05) is 0 Å². The normalized spacial score (nSPS) is 27.8. The molecule has 1 aliphatic rings. The molecule has 0 spiro atoms. The van der Waals surface area contributed by atoms with Crippen molar-refractivity contribution < 1.29 is 19.4 Å². The number of rotatable bonds is 3. The summed E-state index contributed by atoms with van der Waals surface area (Å²) in [5, 5.41) is 8.94. The number of nitrogens with zero attached hydrogens (tertiary/aromatic N) is 1. The SMILES string of the molecule is CO[C@@H]1C[C@@H](C(=O)O)N(C(=O)[C@H](C)N)C1. The van der Waals surface area contributed by atoms with Crippen LogP contribution in [0.3, 0.4) is 0 Å². The predicted octanol–water partition coefficient (Wildman–Crippen LogP) is -0.966. The van der Waals surface area contributed by atoms with Crippen LogP contribution >= 0.6 is 0 Å². The van der Waals surface area contributed by atoms with Crippen LogP contribution in [-0.4, -0.2) is 53.7 Å². The molecular formula is C9H16N2O4. The molecule has 15 heavy (non-hydrogen) atoms. The van der Waals surface area contributed by atoms with E-state index >= 15 is 0 Å². The first kappa shape index (κ1) is 11.9. The lowest BCUT2D eigenvalue weighted by Gasteiger charge is -2.22. The molecule has 86 valence electrons. The third kappa shape index (κ3) is 2.45. The van der Waals surface area contributed by atoms with E-state index in [9.17, 15) is 9.59 Å². The molecule has 0 aromatic heterocycles. The summed E-state index contributed by atoms with van der Waals surface area (Å²) in [5.41, 5.74) is 5.44. The standard InChI is InChI=1S/C9H16N2O4/c1-5(10)8(12)11-4-6(15-2)3-7(11)9(13)14/h5-7H,3-4,10H2,1-2H3,(H,13,14)/t5-,6+,7-/m0/s1. The molecule has 1 saturated heterocycles. The zero-order valence-electron chi connectivity index (χ0n) is 8.84. The van der Waals surface area contributed by atoms with Crippen molar-refractivity contribution in [2.75, 3.05) is 13.7 Å². The third-order valence-corrected chi connectivity index (χ3v) is 2.55. The van der Waals surface area contributed by atoms with Crippen molar-refractivity contribution in [2.45, 2.75) is 31.5 Å². The molecule has 0 aromatic carbocycles. The largest absolute Gasteiger partial charge is 0.480 e. The number of carbonyl (C=O) groups excluding carboxylic acids is 1. The number of ether oxygens (including phenoxy) is 1. The van der Waals surface area contributed by atoms with Crippen LogP contribution in [0.2, 0.25) is 0 Å². The minimum atomic E-state index is -1.01. The Bertz CT molecular complexity index is 267. The van der Waals surface area contributed by atoms with Gasteiger partial charge < -0.3 is 20.5 Å². The lowest BCUT2D eigenvalue weighted by Crippen LogP contribution is -2.47. The van der Waals surface area contributed by atoms with Crippen LogP contribution in [0.4, 0.5) is 0 Å². The molecule has 0 unspecified atom stereocenters. The van der Waals surface area contributed by atoms with E-state index in [1.54, 1.807) is 6.92 Å². The van der Waals surface area contributed by atoms with Crippen LogP contribution in [0.25, 0.3) is 0 Å². The highest BCUT2D eigenvalue weighted by Crippen LogP contribution is 2.20. The van der Waals surface area contributed by atoms with Crippen LogP contribution in [0.5, 0.6) is 0 Å². The molecule has 3 N–H and O–H groups in total. The first-order chi connectivity index (χ1) is 6.97. The Hall–Kier alpha value is -1.14. The van der Waals surface area contributed by atoms with Crippen molar-refractivity contribution in [1.29, 1.82) is 0 Å². The number of hydrogen-bond acceptors (Lipinski definition) is 4. The highest BCUT2D eigenvalue weighted by Gasteiger charge is 2.40. The molecule has 6 nitrogen and oxygen atoms in total. The fourth-order valence-corrected chi connectivity index (χ4v) is 1.71. The van der Waals surface area contributed by atoms with Gasteiger partial charge in [-0.15, -0.1) is 0 Å². The molecule has 1 fully saturated rings. The van der Waals surface area contributed by atoms with Gasteiger partial charge >= 0.3 is 5.97 Å². The van der Waals surface area contributed by atoms with E-state index < -0.39 is 18.1 Å². The van der Waals surface area contributed by atoms with Crippen LogP contribution in [0, 0.1) is 0 Å². The first-order valence-corrected chi connectivity index (χ1v) is 4.79. The van der Waals surface area contributed by atoms with Gasteiger partial charge in [0.25, 0.3) is 0 Å². The van der Waals surface area contributed by atoms with Gasteiger partial charge in [0.15, 0.2) is 0 Å². The number of aliphatic carboxylic acids is 1. The number of hydrogen-bond donors (Lipinski definition) is 2. The van der Waals surface area contributed by atoms with Crippen molar-refractivity contribution in [3.8, 4) is 0 Å². The molecule has 1 aliphatic heterocycles. The maximum absolute atomic E-state index is 11.6. The molecule has 0 bridgehead atoms. The van der Waals surface area contributed by atoms with E-state index in [2.05, 4.69) is 0 Å². The number of nitrogens with two attached hydrogens (primary N) is 1. The maximum Gasteiger partial charge on any atom is 0.326 e. The Morgan fingerprint density at radius 3 is 2.60 bits per heavy atom. The lowest BCUT2D eigenvalue weighted by atomic mass is 10.2. The summed E-state index contributed by atoms with van der Waals surface area (Å²) >= 11 is 0. The minimum absolute atomic E-state index is 0.214. The van der Waals surface area contributed by atoms with E-state index in [1.807, 2.05) is 0 Å². The van der Waals surface area contributed by atoms with E-state index in [1.165, 1.54) is 12.0 Å². The lowest BCUT2D eigenvalue weighted by molar-refractivity contribution is -0.148. The van der Waals surface area contributed by atoms with Gasteiger partial charge in [-0.25, -0.2) is 4.79 Å². The summed E-state index contributed by atoms with van der Waals surface area (Å²) in [6.07, 6.45) is 0.110. The molecule has 6 heteroatoms. The van der Waals surface area contributed by atoms with Crippen molar-refractivity contribution in [3.05, 3.63) is 0 Å². The Morgan fingerprint density at radius 2 is 2.20 bits per heavy atom. The van der Waals surface area contributed by atoms with Gasteiger partial charge in [0.1, 0.15) is 6.04 Å². The highest BCUT2D eigenvalue weighted by atomic mass is 16.5. The third-order valence-electron chi connectivity index (χ3n) is 2.55. The van der Waals surface area contributed by atoms with Crippen molar-refractivity contribution in [2.24, 2.45) is 5.73 Å². The minimum Gasteiger partial charge on any atom is -0.480 e. The Kier molecular flexibility index (Phi) is 3.65. The average Bonchev–Trinajstić information content (AvgIpc) is 2.60. The van der Waals surface area contributed by atoms with Gasteiger partial charge in [-0.2, -0.15) is 0 Å². The van der Waals surface area contributed by atoms with Crippen LogP contribution in [-0.2, 0) is 14.3 Å². The fourth-order valence-electron chi connectivity index (χ4n) is 1.71. The molecule has 0 aromatic rings. The van der Waals surface area contributed by atoms with Crippen molar-refractivity contribution in [3.63, 3.8) is 0 Å². The average molecular weight is 216 g/mol. The quantitative estimate of drug-likeness (QED) is 0.633. The van der Waals surface area contributed by atoms with Gasteiger partial charge in [-0.3, -0.25) is 4.79 Å². The number of likely N-dealkylation sites (tertiary alicyclic amines) is 1. The molecule has 1 amide bonds. The highest BCUT2D eigenvalue weighted by molar-refractivity contribution is 5.87. The topological polar surface area (TPSA) is 92.9 Å². The number of carboxylic acids is 1. The van der Waals surface area contributed by atoms with Crippen LogP contribution < -0.4 is 5.73 Å². The zero-order valence-corrected chi connectivity index (χ0v) is 8.84.